The Kier molecular flexibility index (Phi) is 6.78. The van der Waals surface area contributed by atoms with Crippen molar-refractivity contribution in [3.63, 3.8) is 0 Å². The quantitative estimate of drug-likeness (QED) is 0.734. The Morgan fingerprint density at radius 3 is 2.94 bits per heavy atom. The molecule has 0 saturated carbocycles. The van der Waals surface area contributed by atoms with Crippen molar-refractivity contribution in [2.24, 2.45) is 0 Å². The van der Waals surface area contributed by atoms with Gasteiger partial charge in [0.1, 0.15) is 6.33 Å². The molecular weight excluding hydrogens is 248 g/mol. The van der Waals surface area contributed by atoms with Crippen LogP contribution in [0.5, 0.6) is 0 Å². The maximum Gasteiger partial charge on any atom is 0.230 e. The topological polar surface area (TPSA) is 59.8 Å². The van der Waals surface area contributed by atoms with E-state index in [-0.39, 0.29) is 11.9 Å². The first-order valence-electron chi connectivity index (χ1n) is 6.43. The van der Waals surface area contributed by atoms with Gasteiger partial charge in [-0.15, -0.1) is 10.2 Å². The zero-order valence-corrected chi connectivity index (χ0v) is 12.2. The van der Waals surface area contributed by atoms with E-state index in [4.69, 9.17) is 0 Å². The molecule has 1 aromatic rings. The SMILES string of the molecule is CCCSCC(=O)NC(C)c1nncn1CCC. The van der Waals surface area contributed by atoms with Gasteiger partial charge in [-0.2, -0.15) is 11.8 Å². The molecular formula is C12H22N4OS. The highest BCUT2D eigenvalue weighted by molar-refractivity contribution is 7.99. The number of thioether (sulfide) groups is 1. The normalized spacial score (nSPS) is 12.4. The fourth-order valence-electron chi connectivity index (χ4n) is 1.67. The van der Waals surface area contributed by atoms with Crippen LogP contribution in [0.25, 0.3) is 0 Å². The summed E-state index contributed by atoms with van der Waals surface area (Å²) in [7, 11) is 0. The van der Waals surface area contributed by atoms with E-state index in [9.17, 15) is 4.79 Å². The van der Waals surface area contributed by atoms with Crippen molar-refractivity contribution in [1.82, 2.24) is 20.1 Å². The van der Waals surface area contributed by atoms with E-state index in [0.717, 1.165) is 31.0 Å². The molecule has 0 aliphatic rings. The van der Waals surface area contributed by atoms with Gasteiger partial charge in [0.05, 0.1) is 11.8 Å². The largest absolute Gasteiger partial charge is 0.346 e. The van der Waals surface area contributed by atoms with Crippen LogP contribution in [0.3, 0.4) is 0 Å². The molecule has 0 aromatic carbocycles. The van der Waals surface area contributed by atoms with Crippen molar-refractivity contribution in [1.29, 1.82) is 0 Å². The molecule has 0 spiro atoms. The number of hydrogen-bond acceptors (Lipinski definition) is 4. The molecule has 5 nitrogen and oxygen atoms in total. The number of nitrogens with one attached hydrogen (secondary N) is 1. The van der Waals surface area contributed by atoms with Crippen molar-refractivity contribution < 1.29 is 4.79 Å². The van der Waals surface area contributed by atoms with Crippen LogP contribution in [-0.2, 0) is 11.3 Å². The Morgan fingerprint density at radius 1 is 1.50 bits per heavy atom. The van der Waals surface area contributed by atoms with E-state index in [1.807, 2.05) is 11.5 Å². The first kappa shape index (κ1) is 15.0. The number of nitrogens with zero attached hydrogens (tertiary/aromatic N) is 3. The predicted molar refractivity (Wildman–Crippen MR) is 74.5 cm³/mol. The lowest BCUT2D eigenvalue weighted by Crippen LogP contribution is -2.30. The molecule has 1 aromatic heterocycles. The summed E-state index contributed by atoms with van der Waals surface area (Å²) in [4.78, 5) is 11.7. The molecule has 1 heterocycles. The average molecular weight is 270 g/mol. The summed E-state index contributed by atoms with van der Waals surface area (Å²) in [6, 6.07) is -0.0891. The summed E-state index contributed by atoms with van der Waals surface area (Å²) in [6.07, 6.45) is 3.84. The molecule has 6 heteroatoms. The zero-order chi connectivity index (χ0) is 13.4. The number of aromatic nitrogens is 3. The minimum Gasteiger partial charge on any atom is -0.346 e. The number of aryl methyl sites for hydroxylation is 1. The summed E-state index contributed by atoms with van der Waals surface area (Å²) in [6.45, 7) is 7.04. The van der Waals surface area contributed by atoms with Gasteiger partial charge in [-0.3, -0.25) is 4.79 Å². The predicted octanol–water partition coefficient (Wildman–Crippen LogP) is 2.01. The number of carbonyl (C=O) groups excluding carboxylic acids is 1. The Bertz CT molecular complexity index is 367. The fourth-order valence-corrected chi connectivity index (χ4v) is 2.37. The Labute approximate surface area is 113 Å². The third-order valence-corrected chi connectivity index (χ3v) is 3.62. The summed E-state index contributed by atoms with van der Waals surface area (Å²) in [5, 5.41) is 10.9. The van der Waals surface area contributed by atoms with E-state index >= 15 is 0 Å². The molecule has 1 amide bonds. The summed E-state index contributed by atoms with van der Waals surface area (Å²) >= 11 is 1.66. The number of hydrogen-bond donors (Lipinski definition) is 1. The second kappa shape index (κ2) is 8.13. The van der Waals surface area contributed by atoms with Gasteiger partial charge in [-0.1, -0.05) is 13.8 Å². The maximum absolute atomic E-state index is 11.7. The van der Waals surface area contributed by atoms with Gasteiger partial charge in [0, 0.05) is 6.54 Å². The highest BCUT2D eigenvalue weighted by atomic mass is 32.2. The molecule has 102 valence electrons. The number of carbonyl (C=O) groups is 1. The average Bonchev–Trinajstić information content (AvgIpc) is 2.78. The van der Waals surface area contributed by atoms with Gasteiger partial charge in [0.15, 0.2) is 5.82 Å². The van der Waals surface area contributed by atoms with Gasteiger partial charge in [-0.05, 0) is 25.5 Å². The van der Waals surface area contributed by atoms with E-state index in [1.54, 1.807) is 18.1 Å². The van der Waals surface area contributed by atoms with Crippen LogP contribution in [0.4, 0.5) is 0 Å². The molecule has 18 heavy (non-hydrogen) atoms. The van der Waals surface area contributed by atoms with Crippen molar-refractivity contribution in [3.05, 3.63) is 12.2 Å². The molecule has 0 saturated heterocycles. The monoisotopic (exact) mass is 270 g/mol. The van der Waals surface area contributed by atoms with Crippen molar-refractivity contribution >= 4 is 17.7 Å². The van der Waals surface area contributed by atoms with Crippen molar-refractivity contribution in [2.75, 3.05) is 11.5 Å². The zero-order valence-electron chi connectivity index (χ0n) is 11.3. The maximum atomic E-state index is 11.7. The summed E-state index contributed by atoms with van der Waals surface area (Å²) in [5.41, 5.74) is 0. The lowest BCUT2D eigenvalue weighted by molar-refractivity contribution is -0.119. The molecule has 0 fully saturated rings. The molecule has 0 aliphatic carbocycles. The first-order valence-corrected chi connectivity index (χ1v) is 7.59. The lowest BCUT2D eigenvalue weighted by Gasteiger charge is -2.14. The lowest BCUT2D eigenvalue weighted by atomic mass is 10.3. The van der Waals surface area contributed by atoms with Crippen LogP contribution in [0, 0.1) is 0 Å². The van der Waals surface area contributed by atoms with E-state index in [0.29, 0.717) is 5.75 Å². The van der Waals surface area contributed by atoms with Gasteiger partial charge >= 0.3 is 0 Å². The highest BCUT2D eigenvalue weighted by Gasteiger charge is 2.15. The van der Waals surface area contributed by atoms with Gasteiger partial charge in [0.2, 0.25) is 5.91 Å². The Balaban J connectivity index is 2.46. The first-order chi connectivity index (χ1) is 8.69. The van der Waals surface area contributed by atoms with Crippen LogP contribution in [-0.4, -0.2) is 32.2 Å². The fraction of sp³-hybridized carbons (Fsp3) is 0.750. The van der Waals surface area contributed by atoms with E-state index in [2.05, 4.69) is 29.4 Å². The van der Waals surface area contributed by atoms with Crippen LogP contribution in [0.15, 0.2) is 6.33 Å². The highest BCUT2D eigenvalue weighted by Crippen LogP contribution is 2.10. The third-order valence-electron chi connectivity index (χ3n) is 2.46. The molecule has 1 rings (SSSR count). The molecule has 0 bridgehead atoms. The second-order valence-corrected chi connectivity index (χ2v) is 5.33. The Hall–Kier alpha value is -1.04. The van der Waals surface area contributed by atoms with E-state index < -0.39 is 0 Å². The molecule has 1 unspecified atom stereocenters. The molecule has 1 N–H and O–H groups in total. The van der Waals surface area contributed by atoms with Crippen LogP contribution < -0.4 is 5.32 Å². The van der Waals surface area contributed by atoms with Crippen LogP contribution >= 0.6 is 11.8 Å². The minimum atomic E-state index is -0.0891. The number of rotatable bonds is 8. The standard InChI is InChI=1S/C12H22N4OS/c1-4-6-16-9-13-15-12(16)10(3)14-11(17)8-18-7-5-2/h9-10H,4-8H2,1-3H3,(H,14,17). The van der Waals surface area contributed by atoms with Gasteiger partial charge < -0.3 is 9.88 Å². The third kappa shape index (κ3) is 4.68. The van der Waals surface area contributed by atoms with Crippen molar-refractivity contribution in [3.8, 4) is 0 Å². The minimum absolute atomic E-state index is 0.0620. The van der Waals surface area contributed by atoms with Gasteiger partial charge in [-0.25, -0.2) is 0 Å². The van der Waals surface area contributed by atoms with E-state index in [1.165, 1.54) is 0 Å². The molecule has 1 atom stereocenters. The van der Waals surface area contributed by atoms with Crippen LogP contribution in [0.1, 0.15) is 45.5 Å². The van der Waals surface area contributed by atoms with Gasteiger partial charge in [0.25, 0.3) is 0 Å². The molecule has 0 aliphatic heterocycles. The summed E-state index contributed by atoms with van der Waals surface area (Å²) in [5.74, 6) is 2.42. The summed E-state index contributed by atoms with van der Waals surface area (Å²) < 4.78 is 1.99. The molecule has 0 radical (unpaired) electrons. The second-order valence-electron chi connectivity index (χ2n) is 4.22. The van der Waals surface area contributed by atoms with Crippen LogP contribution in [0.2, 0.25) is 0 Å². The van der Waals surface area contributed by atoms with Crippen molar-refractivity contribution in [2.45, 2.75) is 46.2 Å². The number of amides is 1. The smallest absolute Gasteiger partial charge is 0.230 e. The Morgan fingerprint density at radius 2 is 2.28 bits per heavy atom.